The molecule has 0 bridgehead atoms. The highest BCUT2D eigenvalue weighted by molar-refractivity contribution is 6.42. The number of hydrogen-bond acceptors (Lipinski definition) is 1. The third kappa shape index (κ3) is 3.19. The van der Waals surface area contributed by atoms with Crippen LogP contribution in [0.5, 0.6) is 0 Å². The van der Waals surface area contributed by atoms with Crippen molar-refractivity contribution in [2.75, 3.05) is 0 Å². The summed E-state index contributed by atoms with van der Waals surface area (Å²) in [7, 11) is 0. The second-order valence-corrected chi connectivity index (χ2v) is 5.21. The number of hydrogen-bond donors (Lipinski definition) is 0. The van der Waals surface area contributed by atoms with Crippen molar-refractivity contribution in [1.29, 1.82) is 0 Å². The Morgan fingerprint density at radius 3 is 2.47 bits per heavy atom. The fourth-order valence-electron chi connectivity index (χ4n) is 1.60. The van der Waals surface area contributed by atoms with Gasteiger partial charge in [0.2, 0.25) is 0 Å². The monoisotopic (exact) mass is 288 g/mol. The van der Waals surface area contributed by atoms with Gasteiger partial charge in [0.1, 0.15) is 11.5 Å². The van der Waals surface area contributed by atoms with Crippen molar-refractivity contribution in [3.63, 3.8) is 0 Å². The quantitative estimate of drug-likeness (QED) is 0.688. The van der Waals surface area contributed by atoms with Crippen LogP contribution in [0.25, 0.3) is 0 Å². The van der Waals surface area contributed by atoms with Gasteiger partial charge < -0.3 is 4.42 Å². The first-order chi connectivity index (χ1) is 8.06. The summed E-state index contributed by atoms with van der Waals surface area (Å²) >= 11 is 18.1. The molecule has 0 aliphatic heterocycles. The lowest BCUT2D eigenvalue weighted by atomic mass is 10.1. The molecule has 2 aromatic rings. The highest BCUT2D eigenvalue weighted by atomic mass is 35.5. The summed E-state index contributed by atoms with van der Waals surface area (Å²) < 4.78 is 5.48. The molecule has 0 spiro atoms. The molecule has 0 N–H and O–H groups in total. The van der Waals surface area contributed by atoms with E-state index in [0.29, 0.717) is 16.5 Å². The Morgan fingerprint density at radius 1 is 1.12 bits per heavy atom. The summed E-state index contributed by atoms with van der Waals surface area (Å²) in [6.45, 7) is 1.90. The van der Waals surface area contributed by atoms with Gasteiger partial charge >= 0.3 is 0 Å². The van der Waals surface area contributed by atoms with Gasteiger partial charge in [0.15, 0.2) is 0 Å². The Bertz CT molecular complexity index is 519. The van der Waals surface area contributed by atoms with E-state index in [1.54, 1.807) is 6.07 Å². The number of aryl methyl sites for hydroxylation is 1. The molecule has 0 aliphatic rings. The summed E-state index contributed by atoms with van der Waals surface area (Å²) in [5, 5.41) is 0.903. The van der Waals surface area contributed by atoms with E-state index in [9.17, 15) is 0 Å². The van der Waals surface area contributed by atoms with E-state index >= 15 is 0 Å². The van der Waals surface area contributed by atoms with Crippen molar-refractivity contribution < 1.29 is 4.42 Å². The molecule has 0 saturated heterocycles. The van der Waals surface area contributed by atoms with Crippen molar-refractivity contribution in [3.05, 3.63) is 57.5 Å². The van der Waals surface area contributed by atoms with Crippen LogP contribution in [0.1, 0.15) is 22.5 Å². The van der Waals surface area contributed by atoms with Gasteiger partial charge in [-0.1, -0.05) is 29.3 Å². The maximum Gasteiger partial charge on any atom is 0.122 e. The molecule has 17 heavy (non-hydrogen) atoms. The van der Waals surface area contributed by atoms with Gasteiger partial charge in [0, 0.05) is 0 Å². The highest BCUT2D eigenvalue weighted by Gasteiger charge is 2.13. The van der Waals surface area contributed by atoms with E-state index in [2.05, 4.69) is 0 Å². The molecule has 2 rings (SSSR count). The van der Waals surface area contributed by atoms with Crippen LogP contribution in [0, 0.1) is 6.92 Å². The summed E-state index contributed by atoms with van der Waals surface area (Å²) in [4.78, 5) is 0. The number of alkyl halides is 1. The average Bonchev–Trinajstić information content (AvgIpc) is 2.70. The SMILES string of the molecule is Cc1ccc(C(Cl)Cc2ccc(Cl)c(Cl)c2)o1. The van der Waals surface area contributed by atoms with Gasteiger partial charge in [0.05, 0.1) is 15.4 Å². The second kappa shape index (κ2) is 5.34. The molecule has 0 radical (unpaired) electrons. The first kappa shape index (κ1) is 12.8. The van der Waals surface area contributed by atoms with Crippen molar-refractivity contribution in [2.45, 2.75) is 18.7 Å². The van der Waals surface area contributed by atoms with Crippen LogP contribution >= 0.6 is 34.8 Å². The summed E-state index contributed by atoms with van der Waals surface area (Å²) in [5.41, 5.74) is 1.04. The van der Waals surface area contributed by atoms with E-state index in [4.69, 9.17) is 39.2 Å². The maximum absolute atomic E-state index is 6.28. The fraction of sp³-hybridized carbons (Fsp3) is 0.231. The molecular formula is C13H11Cl3O. The normalized spacial score (nSPS) is 12.7. The molecule has 1 atom stereocenters. The molecule has 1 heterocycles. The van der Waals surface area contributed by atoms with Crippen LogP contribution < -0.4 is 0 Å². The number of halogens is 3. The molecule has 0 aliphatic carbocycles. The summed E-state index contributed by atoms with van der Waals surface area (Å²) in [5.74, 6) is 1.63. The molecule has 1 aromatic heterocycles. The predicted octanol–water partition coefficient (Wildman–Crippen LogP) is 5.42. The molecule has 0 saturated carbocycles. The number of benzene rings is 1. The molecule has 90 valence electrons. The van der Waals surface area contributed by atoms with E-state index in [1.165, 1.54) is 0 Å². The third-order valence-corrected chi connectivity index (χ3v) is 3.58. The Balaban J connectivity index is 2.12. The van der Waals surface area contributed by atoms with Gasteiger partial charge in [-0.05, 0) is 43.2 Å². The Labute approximate surface area is 115 Å². The molecule has 1 unspecified atom stereocenters. The third-order valence-electron chi connectivity index (χ3n) is 2.47. The predicted molar refractivity (Wildman–Crippen MR) is 72.2 cm³/mol. The minimum atomic E-state index is -0.194. The minimum Gasteiger partial charge on any atom is -0.465 e. The van der Waals surface area contributed by atoms with Crippen LogP contribution in [0.2, 0.25) is 10.0 Å². The Kier molecular flexibility index (Phi) is 4.03. The van der Waals surface area contributed by atoms with E-state index in [-0.39, 0.29) is 5.38 Å². The second-order valence-electron chi connectivity index (χ2n) is 3.87. The lowest BCUT2D eigenvalue weighted by Crippen LogP contribution is -1.94. The van der Waals surface area contributed by atoms with Crippen LogP contribution in [-0.4, -0.2) is 0 Å². The number of rotatable bonds is 3. The highest BCUT2D eigenvalue weighted by Crippen LogP contribution is 2.29. The molecule has 1 nitrogen and oxygen atoms in total. The largest absolute Gasteiger partial charge is 0.465 e. The minimum absolute atomic E-state index is 0.194. The smallest absolute Gasteiger partial charge is 0.122 e. The van der Waals surface area contributed by atoms with E-state index < -0.39 is 0 Å². The maximum atomic E-state index is 6.28. The first-order valence-electron chi connectivity index (χ1n) is 5.20. The zero-order valence-corrected chi connectivity index (χ0v) is 11.5. The van der Waals surface area contributed by atoms with Crippen LogP contribution in [0.3, 0.4) is 0 Å². The van der Waals surface area contributed by atoms with E-state index in [1.807, 2.05) is 31.2 Å². The molecule has 0 amide bonds. The zero-order chi connectivity index (χ0) is 12.4. The number of furan rings is 1. The summed E-state index contributed by atoms with van der Waals surface area (Å²) in [6, 6.07) is 9.31. The van der Waals surface area contributed by atoms with Gasteiger partial charge in [0.25, 0.3) is 0 Å². The van der Waals surface area contributed by atoms with Crippen molar-refractivity contribution >= 4 is 34.8 Å². The fourth-order valence-corrected chi connectivity index (χ4v) is 2.21. The molecule has 4 heteroatoms. The summed E-state index contributed by atoms with van der Waals surface area (Å²) in [6.07, 6.45) is 0.658. The van der Waals surface area contributed by atoms with Crippen LogP contribution in [-0.2, 0) is 6.42 Å². The average molecular weight is 290 g/mol. The van der Waals surface area contributed by atoms with Gasteiger partial charge in [-0.3, -0.25) is 0 Å². The van der Waals surface area contributed by atoms with Gasteiger partial charge in [-0.25, -0.2) is 0 Å². The standard InChI is InChI=1S/C13H11Cl3O/c1-8-2-5-13(17-8)12(16)7-9-3-4-10(14)11(15)6-9/h2-6,12H,7H2,1H3. The lowest BCUT2D eigenvalue weighted by Gasteiger charge is -2.07. The van der Waals surface area contributed by atoms with Crippen molar-refractivity contribution in [3.8, 4) is 0 Å². The van der Waals surface area contributed by atoms with Crippen molar-refractivity contribution in [2.24, 2.45) is 0 Å². The van der Waals surface area contributed by atoms with Crippen molar-refractivity contribution in [1.82, 2.24) is 0 Å². The molecule has 1 aromatic carbocycles. The lowest BCUT2D eigenvalue weighted by molar-refractivity contribution is 0.477. The molecule has 0 fully saturated rings. The first-order valence-corrected chi connectivity index (χ1v) is 6.40. The van der Waals surface area contributed by atoms with Crippen LogP contribution in [0.4, 0.5) is 0 Å². The Hall–Kier alpha value is -0.630. The molecular weight excluding hydrogens is 279 g/mol. The van der Waals surface area contributed by atoms with Gasteiger partial charge in [-0.2, -0.15) is 0 Å². The zero-order valence-electron chi connectivity index (χ0n) is 9.21. The van der Waals surface area contributed by atoms with Gasteiger partial charge in [-0.15, -0.1) is 11.6 Å². The van der Waals surface area contributed by atoms with Crippen LogP contribution in [0.15, 0.2) is 34.7 Å². The Morgan fingerprint density at radius 2 is 1.88 bits per heavy atom. The topological polar surface area (TPSA) is 13.1 Å². The van der Waals surface area contributed by atoms with E-state index in [0.717, 1.165) is 17.1 Å².